The lowest BCUT2D eigenvalue weighted by molar-refractivity contribution is -0.134. The van der Waals surface area contributed by atoms with Gasteiger partial charge in [0.2, 0.25) is 11.8 Å². The summed E-state index contributed by atoms with van der Waals surface area (Å²) in [5.41, 5.74) is 3.33. The molecule has 1 atom stereocenters. The Balaban J connectivity index is 1.69. The van der Waals surface area contributed by atoms with E-state index in [1.807, 2.05) is 62.4 Å². The van der Waals surface area contributed by atoms with Gasteiger partial charge in [-0.2, -0.15) is 0 Å². The summed E-state index contributed by atoms with van der Waals surface area (Å²) in [6, 6.07) is 18.4. The SMILES string of the molecule is CCC(C(=O)N(Cc1nc2cc(C)ccc2o1)Cc1cc(F)ccc1F)c1ccccc1. The van der Waals surface area contributed by atoms with Gasteiger partial charge >= 0.3 is 0 Å². The summed E-state index contributed by atoms with van der Waals surface area (Å²) in [6.45, 7) is 3.84. The van der Waals surface area contributed by atoms with Crippen molar-refractivity contribution in [1.29, 1.82) is 0 Å². The van der Waals surface area contributed by atoms with Gasteiger partial charge in [-0.05, 0) is 54.8 Å². The third kappa shape index (κ3) is 4.69. The zero-order valence-electron chi connectivity index (χ0n) is 18.0. The minimum atomic E-state index is -0.565. The number of fused-ring (bicyclic) bond motifs is 1. The molecule has 0 aliphatic rings. The smallest absolute Gasteiger partial charge is 0.230 e. The maximum atomic E-state index is 14.4. The molecule has 4 aromatic rings. The molecule has 0 fully saturated rings. The van der Waals surface area contributed by atoms with Crippen LogP contribution in [-0.2, 0) is 17.9 Å². The van der Waals surface area contributed by atoms with E-state index >= 15 is 0 Å². The van der Waals surface area contributed by atoms with Crippen LogP contribution in [0.3, 0.4) is 0 Å². The molecule has 0 bridgehead atoms. The molecule has 0 N–H and O–H groups in total. The lowest BCUT2D eigenvalue weighted by Gasteiger charge is -2.26. The molecule has 4 nitrogen and oxygen atoms in total. The highest BCUT2D eigenvalue weighted by Gasteiger charge is 2.27. The predicted octanol–water partition coefficient (Wildman–Crippen LogP) is 6.14. The number of hydrogen-bond donors (Lipinski definition) is 0. The highest BCUT2D eigenvalue weighted by molar-refractivity contribution is 5.83. The van der Waals surface area contributed by atoms with Gasteiger partial charge in [0, 0.05) is 12.1 Å². The van der Waals surface area contributed by atoms with Crippen LogP contribution in [0.25, 0.3) is 11.1 Å². The first-order chi connectivity index (χ1) is 15.4. The molecule has 1 unspecified atom stereocenters. The number of aromatic nitrogens is 1. The Morgan fingerprint density at radius 2 is 1.81 bits per heavy atom. The summed E-state index contributed by atoms with van der Waals surface area (Å²) < 4.78 is 34.0. The molecule has 0 saturated carbocycles. The number of oxazole rings is 1. The minimum Gasteiger partial charge on any atom is -0.439 e. The van der Waals surface area contributed by atoms with E-state index in [1.54, 1.807) is 0 Å². The zero-order valence-corrected chi connectivity index (χ0v) is 18.0. The average Bonchev–Trinajstić information content (AvgIpc) is 3.18. The molecule has 1 heterocycles. The summed E-state index contributed by atoms with van der Waals surface area (Å²) in [5, 5.41) is 0. The molecule has 4 rings (SSSR count). The Kier molecular flexibility index (Phi) is 6.30. The van der Waals surface area contributed by atoms with Crippen molar-refractivity contribution in [2.45, 2.75) is 39.3 Å². The van der Waals surface area contributed by atoms with Crippen molar-refractivity contribution < 1.29 is 18.0 Å². The van der Waals surface area contributed by atoms with Crippen molar-refractivity contribution in [3.8, 4) is 0 Å². The van der Waals surface area contributed by atoms with Crippen molar-refractivity contribution in [2.75, 3.05) is 0 Å². The Morgan fingerprint density at radius 3 is 2.56 bits per heavy atom. The van der Waals surface area contributed by atoms with Gasteiger partial charge in [-0.1, -0.05) is 43.3 Å². The third-order valence-electron chi connectivity index (χ3n) is 5.50. The Labute approximate surface area is 185 Å². The molecule has 0 radical (unpaired) electrons. The molecule has 6 heteroatoms. The molecule has 164 valence electrons. The van der Waals surface area contributed by atoms with Gasteiger partial charge < -0.3 is 9.32 Å². The Hall–Kier alpha value is -3.54. The fourth-order valence-electron chi connectivity index (χ4n) is 3.86. The van der Waals surface area contributed by atoms with E-state index in [0.29, 0.717) is 23.4 Å². The van der Waals surface area contributed by atoms with E-state index in [9.17, 15) is 13.6 Å². The maximum Gasteiger partial charge on any atom is 0.230 e. The van der Waals surface area contributed by atoms with Crippen molar-refractivity contribution in [1.82, 2.24) is 9.88 Å². The van der Waals surface area contributed by atoms with Crippen LogP contribution >= 0.6 is 0 Å². The number of amides is 1. The normalized spacial score (nSPS) is 12.1. The minimum absolute atomic E-state index is 0.0475. The van der Waals surface area contributed by atoms with Crippen LogP contribution in [0, 0.1) is 18.6 Å². The van der Waals surface area contributed by atoms with Gasteiger partial charge in [0.25, 0.3) is 0 Å². The predicted molar refractivity (Wildman–Crippen MR) is 119 cm³/mol. The lowest BCUT2D eigenvalue weighted by Crippen LogP contribution is -2.34. The largest absolute Gasteiger partial charge is 0.439 e. The van der Waals surface area contributed by atoms with E-state index in [-0.39, 0.29) is 24.6 Å². The maximum absolute atomic E-state index is 14.4. The number of halogens is 2. The highest BCUT2D eigenvalue weighted by atomic mass is 19.1. The second-order valence-electron chi connectivity index (χ2n) is 7.88. The van der Waals surface area contributed by atoms with Crippen LogP contribution < -0.4 is 0 Å². The van der Waals surface area contributed by atoms with Crippen LogP contribution in [0.4, 0.5) is 8.78 Å². The molecule has 0 saturated heterocycles. The molecule has 1 aromatic heterocycles. The number of carbonyl (C=O) groups is 1. The van der Waals surface area contributed by atoms with Crippen LogP contribution in [0.5, 0.6) is 0 Å². The molecule has 3 aromatic carbocycles. The standard InChI is InChI=1S/C26H24F2N2O2/c1-3-21(18-7-5-4-6-8-18)26(31)30(15-19-14-20(27)10-11-22(19)28)16-25-29-23-13-17(2)9-12-24(23)32-25/h4-14,21H,3,15-16H2,1-2H3. The van der Waals surface area contributed by atoms with Crippen LogP contribution in [0.2, 0.25) is 0 Å². The van der Waals surface area contributed by atoms with Crippen molar-refractivity contribution in [2.24, 2.45) is 0 Å². The summed E-state index contributed by atoms with van der Waals surface area (Å²) in [6.07, 6.45) is 0.567. The first-order valence-corrected chi connectivity index (χ1v) is 10.6. The third-order valence-corrected chi connectivity index (χ3v) is 5.50. The Bertz CT molecular complexity index is 1240. The summed E-state index contributed by atoms with van der Waals surface area (Å²) in [7, 11) is 0. The second kappa shape index (κ2) is 9.30. The highest BCUT2D eigenvalue weighted by Crippen LogP contribution is 2.26. The number of carbonyl (C=O) groups excluding carboxylic acids is 1. The summed E-state index contributed by atoms with van der Waals surface area (Å²) in [4.78, 5) is 19.6. The van der Waals surface area contributed by atoms with Gasteiger partial charge in [0.05, 0.1) is 12.5 Å². The number of benzene rings is 3. The van der Waals surface area contributed by atoms with E-state index in [4.69, 9.17) is 4.42 Å². The second-order valence-corrected chi connectivity index (χ2v) is 7.88. The van der Waals surface area contributed by atoms with Gasteiger partial charge in [0.1, 0.15) is 17.2 Å². The molecular weight excluding hydrogens is 410 g/mol. The fourth-order valence-corrected chi connectivity index (χ4v) is 3.86. The number of nitrogens with zero attached hydrogens (tertiary/aromatic N) is 2. The molecule has 0 aliphatic heterocycles. The fraction of sp³-hybridized carbons (Fsp3) is 0.231. The summed E-state index contributed by atoms with van der Waals surface area (Å²) in [5.74, 6) is -1.38. The monoisotopic (exact) mass is 434 g/mol. The molecule has 32 heavy (non-hydrogen) atoms. The van der Waals surface area contributed by atoms with E-state index < -0.39 is 17.6 Å². The number of rotatable bonds is 7. The number of aryl methyl sites for hydroxylation is 1. The average molecular weight is 434 g/mol. The van der Waals surface area contributed by atoms with Gasteiger partial charge in [0.15, 0.2) is 5.58 Å². The van der Waals surface area contributed by atoms with Gasteiger partial charge in [-0.3, -0.25) is 4.79 Å². The first-order valence-electron chi connectivity index (χ1n) is 10.6. The zero-order chi connectivity index (χ0) is 22.7. The summed E-state index contributed by atoms with van der Waals surface area (Å²) >= 11 is 0. The quantitative estimate of drug-likeness (QED) is 0.351. The van der Waals surface area contributed by atoms with E-state index in [1.165, 1.54) is 4.90 Å². The number of hydrogen-bond acceptors (Lipinski definition) is 3. The molecule has 1 amide bonds. The van der Waals surface area contributed by atoms with Crippen LogP contribution in [-0.4, -0.2) is 15.8 Å². The molecule has 0 aliphatic carbocycles. The van der Waals surface area contributed by atoms with Crippen LogP contribution in [0.1, 0.15) is 41.8 Å². The van der Waals surface area contributed by atoms with E-state index in [2.05, 4.69) is 4.98 Å². The topological polar surface area (TPSA) is 46.3 Å². The molecular formula is C26H24F2N2O2. The Morgan fingerprint density at radius 1 is 1.03 bits per heavy atom. The van der Waals surface area contributed by atoms with Crippen LogP contribution in [0.15, 0.2) is 71.1 Å². The van der Waals surface area contributed by atoms with Crippen molar-refractivity contribution in [3.63, 3.8) is 0 Å². The van der Waals surface area contributed by atoms with Crippen molar-refractivity contribution >= 4 is 17.0 Å². The lowest BCUT2D eigenvalue weighted by atomic mass is 9.94. The molecule has 0 spiro atoms. The first kappa shape index (κ1) is 21.7. The van der Waals surface area contributed by atoms with Gasteiger partial charge in [-0.25, -0.2) is 13.8 Å². The van der Waals surface area contributed by atoms with Gasteiger partial charge in [-0.15, -0.1) is 0 Å². The van der Waals surface area contributed by atoms with E-state index in [0.717, 1.165) is 29.3 Å². The van der Waals surface area contributed by atoms with Crippen molar-refractivity contribution in [3.05, 3.63) is 101 Å².